The van der Waals surface area contributed by atoms with Crippen LogP contribution in [-0.4, -0.2) is 13.1 Å². The Bertz CT molecular complexity index is 566. The standard InChI is InChI=1S/C17H19NO2/c1-13-8-6-7-11-15(13)12-18-16(17(19)20-2)14-9-4-3-5-10-14/h3-11,16,18H,12H2,1-2H3. The van der Waals surface area contributed by atoms with Crippen molar-refractivity contribution in [2.45, 2.75) is 19.5 Å². The molecule has 3 nitrogen and oxygen atoms in total. The lowest BCUT2D eigenvalue weighted by atomic mass is 10.1. The molecule has 0 aromatic heterocycles. The van der Waals surface area contributed by atoms with Crippen LogP contribution in [0.1, 0.15) is 22.7 Å². The van der Waals surface area contributed by atoms with Gasteiger partial charge in [-0.05, 0) is 23.6 Å². The molecule has 2 aromatic rings. The number of carbonyl (C=O) groups is 1. The number of ether oxygens (including phenoxy) is 1. The fraction of sp³-hybridized carbons (Fsp3) is 0.235. The number of benzene rings is 2. The van der Waals surface area contributed by atoms with Gasteiger partial charge in [-0.3, -0.25) is 5.32 Å². The van der Waals surface area contributed by atoms with Crippen molar-refractivity contribution >= 4 is 5.97 Å². The highest BCUT2D eigenvalue weighted by molar-refractivity contribution is 5.77. The van der Waals surface area contributed by atoms with Gasteiger partial charge in [-0.25, -0.2) is 4.79 Å². The molecule has 104 valence electrons. The molecule has 0 heterocycles. The lowest BCUT2D eigenvalue weighted by Crippen LogP contribution is -2.29. The second-order valence-electron chi connectivity index (χ2n) is 4.67. The maximum Gasteiger partial charge on any atom is 0.327 e. The van der Waals surface area contributed by atoms with Crippen LogP contribution in [0.5, 0.6) is 0 Å². The summed E-state index contributed by atoms with van der Waals surface area (Å²) in [5, 5.41) is 3.27. The molecule has 0 saturated heterocycles. The summed E-state index contributed by atoms with van der Waals surface area (Å²) < 4.78 is 4.88. The number of methoxy groups -OCH3 is 1. The van der Waals surface area contributed by atoms with Crippen molar-refractivity contribution in [1.29, 1.82) is 0 Å². The zero-order chi connectivity index (χ0) is 14.4. The van der Waals surface area contributed by atoms with Crippen LogP contribution in [0.15, 0.2) is 54.6 Å². The maximum atomic E-state index is 11.9. The largest absolute Gasteiger partial charge is 0.468 e. The van der Waals surface area contributed by atoms with Gasteiger partial charge >= 0.3 is 5.97 Å². The van der Waals surface area contributed by atoms with Gasteiger partial charge < -0.3 is 4.74 Å². The summed E-state index contributed by atoms with van der Waals surface area (Å²) in [6, 6.07) is 17.3. The minimum Gasteiger partial charge on any atom is -0.468 e. The Labute approximate surface area is 119 Å². The predicted molar refractivity (Wildman–Crippen MR) is 79.2 cm³/mol. The van der Waals surface area contributed by atoms with Crippen molar-refractivity contribution in [2.24, 2.45) is 0 Å². The van der Waals surface area contributed by atoms with Gasteiger partial charge in [0, 0.05) is 6.54 Å². The highest BCUT2D eigenvalue weighted by atomic mass is 16.5. The number of esters is 1. The summed E-state index contributed by atoms with van der Waals surface area (Å²) in [5.41, 5.74) is 3.29. The quantitative estimate of drug-likeness (QED) is 0.848. The first-order valence-corrected chi connectivity index (χ1v) is 6.63. The summed E-state index contributed by atoms with van der Waals surface area (Å²) >= 11 is 0. The molecule has 0 saturated carbocycles. The number of hydrogen-bond donors (Lipinski definition) is 1. The second kappa shape index (κ2) is 6.87. The summed E-state index contributed by atoms with van der Waals surface area (Å²) in [6.45, 7) is 2.69. The Hall–Kier alpha value is -2.13. The molecule has 0 bridgehead atoms. The van der Waals surface area contributed by atoms with Crippen LogP contribution < -0.4 is 5.32 Å². The number of hydrogen-bond acceptors (Lipinski definition) is 3. The third-order valence-corrected chi connectivity index (χ3v) is 3.33. The molecule has 0 spiro atoms. The number of rotatable bonds is 5. The van der Waals surface area contributed by atoms with E-state index in [0.717, 1.165) is 5.56 Å². The zero-order valence-corrected chi connectivity index (χ0v) is 11.8. The van der Waals surface area contributed by atoms with Crippen LogP contribution in [0.4, 0.5) is 0 Å². The van der Waals surface area contributed by atoms with Crippen LogP contribution in [-0.2, 0) is 16.1 Å². The molecule has 1 unspecified atom stereocenters. The van der Waals surface area contributed by atoms with E-state index in [0.29, 0.717) is 6.54 Å². The van der Waals surface area contributed by atoms with Gasteiger partial charge in [0.05, 0.1) is 7.11 Å². The fourth-order valence-corrected chi connectivity index (χ4v) is 2.12. The van der Waals surface area contributed by atoms with Crippen molar-refractivity contribution in [3.05, 3.63) is 71.3 Å². The van der Waals surface area contributed by atoms with Crippen molar-refractivity contribution in [3.63, 3.8) is 0 Å². The number of aryl methyl sites for hydroxylation is 1. The van der Waals surface area contributed by atoms with E-state index in [2.05, 4.69) is 24.4 Å². The van der Waals surface area contributed by atoms with E-state index >= 15 is 0 Å². The number of nitrogens with one attached hydrogen (secondary N) is 1. The summed E-state index contributed by atoms with van der Waals surface area (Å²) in [5.74, 6) is -0.273. The molecule has 0 aliphatic heterocycles. The monoisotopic (exact) mass is 269 g/mol. The zero-order valence-electron chi connectivity index (χ0n) is 11.8. The van der Waals surface area contributed by atoms with Gasteiger partial charge in [-0.2, -0.15) is 0 Å². The van der Waals surface area contributed by atoms with E-state index in [1.807, 2.05) is 42.5 Å². The van der Waals surface area contributed by atoms with E-state index < -0.39 is 6.04 Å². The topological polar surface area (TPSA) is 38.3 Å². The van der Waals surface area contributed by atoms with Crippen molar-refractivity contribution in [3.8, 4) is 0 Å². The minimum atomic E-state index is -0.444. The molecule has 0 amide bonds. The minimum absolute atomic E-state index is 0.273. The molecule has 3 heteroatoms. The molecule has 2 rings (SSSR count). The predicted octanol–water partition coefficient (Wildman–Crippen LogP) is 3.00. The van der Waals surface area contributed by atoms with Crippen molar-refractivity contribution < 1.29 is 9.53 Å². The third-order valence-electron chi connectivity index (χ3n) is 3.33. The highest BCUT2D eigenvalue weighted by Gasteiger charge is 2.20. The third kappa shape index (κ3) is 3.45. The van der Waals surface area contributed by atoms with Crippen molar-refractivity contribution in [2.75, 3.05) is 7.11 Å². The van der Waals surface area contributed by atoms with E-state index in [9.17, 15) is 4.79 Å². The highest BCUT2D eigenvalue weighted by Crippen LogP contribution is 2.16. The molecule has 0 radical (unpaired) electrons. The van der Waals surface area contributed by atoms with Gasteiger partial charge in [-0.1, -0.05) is 54.6 Å². The van der Waals surface area contributed by atoms with Gasteiger partial charge in [0.25, 0.3) is 0 Å². The van der Waals surface area contributed by atoms with Crippen LogP contribution in [0.3, 0.4) is 0 Å². The van der Waals surface area contributed by atoms with Crippen LogP contribution in [0.2, 0.25) is 0 Å². The smallest absolute Gasteiger partial charge is 0.327 e. The van der Waals surface area contributed by atoms with Crippen molar-refractivity contribution in [1.82, 2.24) is 5.32 Å². The van der Waals surface area contributed by atoms with E-state index in [1.54, 1.807) is 0 Å². The first-order chi connectivity index (χ1) is 9.72. The molecule has 20 heavy (non-hydrogen) atoms. The van der Waals surface area contributed by atoms with Gasteiger partial charge in [0.15, 0.2) is 0 Å². The molecule has 1 N–H and O–H groups in total. The first kappa shape index (κ1) is 14.3. The average Bonchev–Trinajstić information content (AvgIpc) is 2.50. The molecule has 0 fully saturated rings. The van der Waals surface area contributed by atoms with Gasteiger partial charge in [0.1, 0.15) is 6.04 Å². The first-order valence-electron chi connectivity index (χ1n) is 6.63. The second-order valence-corrected chi connectivity index (χ2v) is 4.67. The Morgan fingerprint density at radius 1 is 1.10 bits per heavy atom. The van der Waals surface area contributed by atoms with Gasteiger partial charge in [-0.15, -0.1) is 0 Å². The summed E-state index contributed by atoms with van der Waals surface area (Å²) in [4.78, 5) is 11.9. The van der Waals surface area contributed by atoms with Crippen LogP contribution in [0, 0.1) is 6.92 Å². The SMILES string of the molecule is COC(=O)C(NCc1ccccc1C)c1ccccc1. The Kier molecular flexibility index (Phi) is 4.91. The lowest BCUT2D eigenvalue weighted by Gasteiger charge is -2.17. The van der Waals surface area contributed by atoms with E-state index in [4.69, 9.17) is 4.74 Å². The van der Waals surface area contributed by atoms with E-state index in [1.165, 1.54) is 18.2 Å². The molecule has 0 aliphatic rings. The van der Waals surface area contributed by atoms with Crippen LogP contribution in [0.25, 0.3) is 0 Å². The summed E-state index contributed by atoms with van der Waals surface area (Å²) in [7, 11) is 1.41. The molecule has 1 atom stereocenters. The molecule has 2 aromatic carbocycles. The lowest BCUT2D eigenvalue weighted by molar-refractivity contribution is -0.143. The van der Waals surface area contributed by atoms with Crippen LogP contribution >= 0.6 is 0 Å². The molecular formula is C17H19NO2. The molecule has 0 aliphatic carbocycles. The molecular weight excluding hydrogens is 250 g/mol. The fourth-order valence-electron chi connectivity index (χ4n) is 2.12. The number of carbonyl (C=O) groups excluding carboxylic acids is 1. The average molecular weight is 269 g/mol. The summed E-state index contributed by atoms with van der Waals surface area (Å²) in [6.07, 6.45) is 0. The Morgan fingerprint density at radius 3 is 2.40 bits per heavy atom. The normalized spacial score (nSPS) is 11.9. The van der Waals surface area contributed by atoms with E-state index in [-0.39, 0.29) is 5.97 Å². The van der Waals surface area contributed by atoms with Gasteiger partial charge in [0.2, 0.25) is 0 Å². The maximum absolute atomic E-state index is 11.9. The Morgan fingerprint density at radius 2 is 1.75 bits per heavy atom. The Balaban J connectivity index is 2.14.